The second kappa shape index (κ2) is 6.72. The molecule has 0 spiro atoms. The van der Waals surface area contributed by atoms with Crippen LogP contribution in [-0.2, 0) is 6.42 Å². The number of methoxy groups -OCH3 is 1. The molecule has 0 amide bonds. The zero-order valence-electron chi connectivity index (χ0n) is 12.5. The molecule has 1 aliphatic heterocycles. The Hall–Kier alpha value is -1.87. The summed E-state index contributed by atoms with van der Waals surface area (Å²) in [6.07, 6.45) is 7.34. The summed E-state index contributed by atoms with van der Waals surface area (Å²) in [6, 6.07) is 13.2. The maximum Gasteiger partial charge on any atom is 0.119 e. The Kier molecular flexibility index (Phi) is 4.51. The highest BCUT2D eigenvalue weighted by molar-refractivity contribution is 5.31. The maximum absolute atomic E-state index is 5.32. The predicted octanol–water partition coefficient (Wildman–Crippen LogP) is 3.47. The fourth-order valence-electron chi connectivity index (χ4n) is 2.97. The van der Waals surface area contributed by atoms with Crippen molar-refractivity contribution in [2.75, 3.05) is 20.2 Å². The summed E-state index contributed by atoms with van der Waals surface area (Å²) in [5.41, 5.74) is 2.71. The smallest absolute Gasteiger partial charge is 0.119 e. The van der Waals surface area contributed by atoms with Crippen LogP contribution in [0.5, 0.6) is 5.75 Å². The van der Waals surface area contributed by atoms with Gasteiger partial charge in [-0.3, -0.25) is 9.88 Å². The Balaban J connectivity index is 1.52. The molecule has 0 bridgehead atoms. The Bertz CT molecular complexity index is 570. The minimum Gasteiger partial charge on any atom is -0.497 e. The summed E-state index contributed by atoms with van der Waals surface area (Å²) < 4.78 is 5.32. The van der Waals surface area contributed by atoms with Gasteiger partial charge in [-0.05, 0) is 55.1 Å². The van der Waals surface area contributed by atoms with Crippen molar-refractivity contribution in [1.82, 2.24) is 9.88 Å². The molecule has 1 aromatic carbocycles. The monoisotopic (exact) mass is 282 g/mol. The van der Waals surface area contributed by atoms with Crippen LogP contribution in [0.3, 0.4) is 0 Å². The molecule has 0 aliphatic carbocycles. The van der Waals surface area contributed by atoms with Crippen LogP contribution in [0.2, 0.25) is 0 Å². The maximum atomic E-state index is 5.32. The molecule has 1 aliphatic rings. The Labute approximate surface area is 126 Å². The topological polar surface area (TPSA) is 25.4 Å². The Morgan fingerprint density at radius 3 is 2.95 bits per heavy atom. The van der Waals surface area contributed by atoms with Crippen LogP contribution in [0.15, 0.2) is 48.8 Å². The van der Waals surface area contributed by atoms with Gasteiger partial charge in [0.1, 0.15) is 5.75 Å². The van der Waals surface area contributed by atoms with E-state index in [4.69, 9.17) is 4.74 Å². The van der Waals surface area contributed by atoms with E-state index in [1.807, 2.05) is 24.5 Å². The van der Waals surface area contributed by atoms with Crippen molar-refractivity contribution in [2.24, 2.45) is 0 Å². The van der Waals surface area contributed by atoms with E-state index in [1.54, 1.807) is 7.11 Å². The number of nitrogens with zero attached hydrogens (tertiary/aromatic N) is 2. The molecule has 110 valence electrons. The standard InChI is InChI=1S/C18H22N2O/c1-21-17-8-2-7-16(13-17)18-9-12-20(18)11-4-6-15-5-3-10-19-14-15/h2-3,5,7-8,10,13-14,18H,4,6,9,11-12H2,1H3/t18-/m0/s1. The van der Waals surface area contributed by atoms with E-state index in [0.717, 1.165) is 18.7 Å². The first-order valence-corrected chi connectivity index (χ1v) is 7.64. The van der Waals surface area contributed by atoms with Gasteiger partial charge in [0.15, 0.2) is 0 Å². The summed E-state index contributed by atoms with van der Waals surface area (Å²) in [7, 11) is 1.73. The quantitative estimate of drug-likeness (QED) is 0.811. The van der Waals surface area contributed by atoms with E-state index in [0.29, 0.717) is 6.04 Å². The summed E-state index contributed by atoms with van der Waals surface area (Å²) in [5, 5.41) is 0. The van der Waals surface area contributed by atoms with Gasteiger partial charge in [0.05, 0.1) is 7.11 Å². The lowest BCUT2D eigenvalue weighted by Crippen LogP contribution is -2.41. The molecule has 21 heavy (non-hydrogen) atoms. The first kappa shape index (κ1) is 14.1. The highest BCUT2D eigenvalue weighted by atomic mass is 16.5. The van der Waals surface area contributed by atoms with Crippen LogP contribution >= 0.6 is 0 Å². The third-order valence-electron chi connectivity index (χ3n) is 4.24. The molecular weight excluding hydrogens is 260 g/mol. The van der Waals surface area contributed by atoms with Gasteiger partial charge in [0.2, 0.25) is 0 Å². The molecule has 1 atom stereocenters. The minimum atomic E-state index is 0.564. The number of hydrogen-bond donors (Lipinski definition) is 0. The zero-order chi connectivity index (χ0) is 14.5. The van der Waals surface area contributed by atoms with Crippen LogP contribution in [0.25, 0.3) is 0 Å². The van der Waals surface area contributed by atoms with Gasteiger partial charge in [0, 0.05) is 25.0 Å². The highest BCUT2D eigenvalue weighted by Crippen LogP contribution is 2.34. The largest absolute Gasteiger partial charge is 0.497 e. The van der Waals surface area contributed by atoms with Crippen molar-refractivity contribution in [2.45, 2.75) is 25.3 Å². The fourth-order valence-corrected chi connectivity index (χ4v) is 2.97. The third-order valence-corrected chi connectivity index (χ3v) is 4.24. The SMILES string of the molecule is COc1cccc([C@@H]2CCN2CCCc2cccnc2)c1. The molecular formula is C18H22N2O. The van der Waals surface area contributed by atoms with Crippen LogP contribution in [0.1, 0.15) is 30.0 Å². The number of likely N-dealkylation sites (tertiary alicyclic amines) is 1. The number of benzene rings is 1. The van der Waals surface area contributed by atoms with Crippen molar-refractivity contribution in [3.8, 4) is 5.75 Å². The molecule has 1 fully saturated rings. The van der Waals surface area contributed by atoms with Gasteiger partial charge < -0.3 is 4.74 Å². The lowest BCUT2D eigenvalue weighted by atomic mass is 9.94. The molecule has 1 aromatic heterocycles. The summed E-state index contributed by atoms with van der Waals surface area (Å²) in [5.74, 6) is 0.953. The van der Waals surface area contributed by atoms with E-state index in [2.05, 4.69) is 34.1 Å². The number of hydrogen-bond acceptors (Lipinski definition) is 3. The summed E-state index contributed by atoms with van der Waals surface area (Å²) in [4.78, 5) is 6.73. The van der Waals surface area contributed by atoms with Crippen molar-refractivity contribution in [3.63, 3.8) is 0 Å². The molecule has 0 unspecified atom stereocenters. The van der Waals surface area contributed by atoms with Crippen LogP contribution < -0.4 is 4.74 Å². The number of rotatable bonds is 6. The Morgan fingerprint density at radius 1 is 1.29 bits per heavy atom. The third kappa shape index (κ3) is 3.42. The molecule has 0 saturated carbocycles. The van der Waals surface area contributed by atoms with E-state index in [-0.39, 0.29) is 0 Å². The predicted molar refractivity (Wildman–Crippen MR) is 84.5 cm³/mol. The van der Waals surface area contributed by atoms with Crippen molar-refractivity contribution >= 4 is 0 Å². The average Bonchev–Trinajstić information content (AvgIpc) is 2.51. The summed E-state index contributed by atoms with van der Waals surface area (Å²) in [6.45, 7) is 2.35. The number of ether oxygens (including phenoxy) is 1. The number of pyridine rings is 1. The van der Waals surface area contributed by atoms with Crippen molar-refractivity contribution < 1.29 is 4.74 Å². The van der Waals surface area contributed by atoms with E-state index in [1.165, 1.54) is 30.5 Å². The van der Waals surface area contributed by atoms with E-state index in [9.17, 15) is 0 Å². The van der Waals surface area contributed by atoms with Gasteiger partial charge in [-0.15, -0.1) is 0 Å². The van der Waals surface area contributed by atoms with Gasteiger partial charge in [-0.2, -0.15) is 0 Å². The van der Waals surface area contributed by atoms with Gasteiger partial charge >= 0.3 is 0 Å². The van der Waals surface area contributed by atoms with Crippen LogP contribution in [0, 0.1) is 0 Å². The van der Waals surface area contributed by atoms with E-state index < -0.39 is 0 Å². The molecule has 0 radical (unpaired) electrons. The van der Waals surface area contributed by atoms with E-state index >= 15 is 0 Å². The molecule has 2 heterocycles. The second-order valence-electron chi connectivity index (χ2n) is 5.58. The van der Waals surface area contributed by atoms with Gasteiger partial charge in [-0.1, -0.05) is 18.2 Å². The highest BCUT2D eigenvalue weighted by Gasteiger charge is 2.28. The second-order valence-corrected chi connectivity index (χ2v) is 5.58. The van der Waals surface area contributed by atoms with Gasteiger partial charge in [0.25, 0.3) is 0 Å². The molecule has 0 N–H and O–H groups in total. The average molecular weight is 282 g/mol. The molecule has 3 rings (SSSR count). The van der Waals surface area contributed by atoms with Crippen molar-refractivity contribution in [3.05, 3.63) is 59.9 Å². The van der Waals surface area contributed by atoms with Gasteiger partial charge in [-0.25, -0.2) is 0 Å². The lowest BCUT2D eigenvalue weighted by Gasteiger charge is -2.41. The normalized spacial score (nSPS) is 18.2. The zero-order valence-corrected chi connectivity index (χ0v) is 12.5. The summed E-state index contributed by atoms with van der Waals surface area (Å²) >= 11 is 0. The minimum absolute atomic E-state index is 0.564. The fraction of sp³-hybridized carbons (Fsp3) is 0.389. The molecule has 3 heteroatoms. The van der Waals surface area contributed by atoms with Crippen LogP contribution in [0.4, 0.5) is 0 Å². The lowest BCUT2D eigenvalue weighted by molar-refractivity contribution is 0.0894. The first-order valence-electron chi connectivity index (χ1n) is 7.64. The van der Waals surface area contributed by atoms with Crippen molar-refractivity contribution in [1.29, 1.82) is 0 Å². The van der Waals surface area contributed by atoms with Crippen LogP contribution in [-0.4, -0.2) is 30.1 Å². The molecule has 2 aromatic rings. The molecule has 1 saturated heterocycles. The first-order chi connectivity index (χ1) is 10.4. The number of aryl methyl sites for hydroxylation is 1. The molecule has 3 nitrogen and oxygen atoms in total. The number of aromatic nitrogens is 1. The Morgan fingerprint density at radius 2 is 2.24 bits per heavy atom.